The molecule has 0 aliphatic carbocycles. The zero-order valence-corrected chi connectivity index (χ0v) is 10.5. The predicted molar refractivity (Wildman–Crippen MR) is 71.2 cm³/mol. The standard InChI is InChI=1S/C14H19N3O/c15-10-13-12-5-1-2-6-14(12)17(16-13)8-7-11-4-3-9-18-11/h1-2,5-6,11H,3-4,7-10,15H2. The van der Waals surface area contributed by atoms with E-state index in [-0.39, 0.29) is 0 Å². The fourth-order valence-electron chi connectivity index (χ4n) is 2.66. The Kier molecular flexibility index (Phi) is 3.30. The third kappa shape index (κ3) is 2.13. The van der Waals surface area contributed by atoms with E-state index in [0.29, 0.717) is 12.6 Å². The van der Waals surface area contributed by atoms with Crippen molar-refractivity contribution in [3.8, 4) is 0 Å². The topological polar surface area (TPSA) is 53.1 Å². The van der Waals surface area contributed by atoms with Gasteiger partial charge in [-0.3, -0.25) is 4.68 Å². The lowest BCUT2D eigenvalue weighted by Gasteiger charge is -2.09. The van der Waals surface area contributed by atoms with Gasteiger partial charge in [0.2, 0.25) is 0 Å². The van der Waals surface area contributed by atoms with Crippen LogP contribution in [0.5, 0.6) is 0 Å². The van der Waals surface area contributed by atoms with Gasteiger partial charge in [0.15, 0.2) is 0 Å². The Morgan fingerprint density at radius 2 is 2.28 bits per heavy atom. The van der Waals surface area contributed by atoms with Crippen LogP contribution >= 0.6 is 0 Å². The molecule has 2 N–H and O–H groups in total. The summed E-state index contributed by atoms with van der Waals surface area (Å²) in [5.41, 5.74) is 7.91. The highest BCUT2D eigenvalue weighted by atomic mass is 16.5. The molecule has 0 amide bonds. The van der Waals surface area contributed by atoms with E-state index in [1.165, 1.54) is 23.7 Å². The van der Waals surface area contributed by atoms with Crippen LogP contribution in [-0.4, -0.2) is 22.5 Å². The van der Waals surface area contributed by atoms with Crippen LogP contribution in [0.15, 0.2) is 24.3 Å². The molecule has 1 aliphatic heterocycles. The van der Waals surface area contributed by atoms with Crippen molar-refractivity contribution in [1.82, 2.24) is 9.78 Å². The van der Waals surface area contributed by atoms with Gasteiger partial charge in [0, 0.05) is 25.1 Å². The highest BCUT2D eigenvalue weighted by molar-refractivity contribution is 5.81. The maximum atomic E-state index is 5.75. The number of ether oxygens (including phenoxy) is 1. The van der Waals surface area contributed by atoms with E-state index < -0.39 is 0 Å². The molecule has 1 fully saturated rings. The summed E-state index contributed by atoms with van der Waals surface area (Å²) in [7, 11) is 0. The number of aromatic nitrogens is 2. The zero-order chi connectivity index (χ0) is 12.4. The first kappa shape index (κ1) is 11.7. The smallest absolute Gasteiger partial charge is 0.0838 e. The summed E-state index contributed by atoms with van der Waals surface area (Å²) < 4.78 is 7.72. The number of nitrogens with zero attached hydrogens (tertiary/aromatic N) is 2. The Morgan fingerprint density at radius 1 is 1.39 bits per heavy atom. The van der Waals surface area contributed by atoms with Crippen LogP contribution in [0, 0.1) is 0 Å². The average molecular weight is 245 g/mol. The maximum absolute atomic E-state index is 5.75. The molecule has 1 atom stereocenters. The molecule has 1 unspecified atom stereocenters. The van der Waals surface area contributed by atoms with Crippen molar-refractivity contribution >= 4 is 10.9 Å². The Labute approximate surface area is 107 Å². The number of nitrogens with two attached hydrogens (primary N) is 1. The van der Waals surface area contributed by atoms with Crippen molar-refractivity contribution in [3.05, 3.63) is 30.0 Å². The Bertz CT molecular complexity index is 529. The van der Waals surface area contributed by atoms with Crippen LogP contribution in [0.4, 0.5) is 0 Å². The lowest BCUT2D eigenvalue weighted by molar-refractivity contribution is 0.0997. The van der Waals surface area contributed by atoms with Crippen LogP contribution in [0.3, 0.4) is 0 Å². The SMILES string of the molecule is NCc1nn(CCC2CCCO2)c2ccccc12. The molecule has 1 aromatic heterocycles. The molecule has 2 aromatic rings. The van der Waals surface area contributed by atoms with Crippen molar-refractivity contribution in [2.24, 2.45) is 5.73 Å². The van der Waals surface area contributed by atoms with E-state index in [4.69, 9.17) is 10.5 Å². The summed E-state index contributed by atoms with van der Waals surface area (Å²) >= 11 is 0. The Balaban J connectivity index is 1.82. The predicted octanol–water partition coefficient (Wildman–Crippen LogP) is 2.06. The van der Waals surface area contributed by atoms with E-state index in [0.717, 1.165) is 25.3 Å². The van der Waals surface area contributed by atoms with E-state index >= 15 is 0 Å². The van der Waals surface area contributed by atoms with E-state index in [1.807, 2.05) is 12.1 Å². The number of benzene rings is 1. The number of hydrogen-bond donors (Lipinski definition) is 1. The van der Waals surface area contributed by atoms with Crippen LogP contribution < -0.4 is 5.73 Å². The minimum Gasteiger partial charge on any atom is -0.378 e. The van der Waals surface area contributed by atoms with Gasteiger partial charge in [-0.2, -0.15) is 5.10 Å². The quantitative estimate of drug-likeness (QED) is 0.897. The van der Waals surface area contributed by atoms with Crippen molar-refractivity contribution in [2.75, 3.05) is 6.61 Å². The summed E-state index contributed by atoms with van der Waals surface area (Å²) in [5.74, 6) is 0. The molecular formula is C14H19N3O. The first-order valence-corrected chi connectivity index (χ1v) is 6.64. The molecule has 18 heavy (non-hydrogen) atoms. The molecule has 2 heterocycles. The highest BCUT2D eigenvalue weighted by Gasteiger charge is 2.16. The van der Waals surface area contributed by atoms with E-state index in [2.05, 4.69) is 21.9 Å². The van der Waals surface area contributed by atoms with Gasteiger partial charge in [0.25, 0.3) is 0 Å². The largest absolute Gasteiger partial charge is 0.378 e. The Hall–Kier alpha value is -1.39. The lowest BCUT2D eigenvalue weighted by Crippen LogP contribution is -2.11. The molecule has 0 spiro atoms. The van der Waals surface area contributed by atoms with Crippen molar-refractivity contribution in [3.63, 3.8) is 0 Å². The third-order valence-corrected chi connectivity index (χ3v) is 3.61. The van der Waals surface area contributed by atoms with Crippen LogP contribution in [0.2, 0.25) is 0 Å². The summed E-state index contributed by atoms with van der Waals surface area (Å²) in [6.07, 6.45) is 3.83. The molecular weight excluding hydrogens is 226 g/mol. The van der Waals surface area contributed by atoms with Gasteiger partial charge >= 0.3 is 0 Å². The van der Waals surface area contributed by atoms with Gasteiger partial charge < -0.3 is 10.5 Å². The number of hydrogen-bond acceptors (Lipinski definition) is 3. The van der Waals surface area contributed by atoms with Crippen LogP contribution in [-0.2, 0) is 17.8 Å². The monoisotopic (exact) mass is 245 g/mol. The van der Waals surface area contributed by atoms with Gasteiger partial charge in [0.05, 0.1) is 17.3 Å². The molecule has 0 saturated carbocycles. The fourth-order valence-corrected chi connectivity index (χ4v) is 2.66. The normalized spacial score (nSPS) is 19.7. The average Bonchev–Trinajstić information content (AvgIpc) is 3.04. The zero-order valence-electron chi connectivity index (χ0n) is 10.5. The number of aryl methyl sites for hydroxylation is 1. The van der Waals surface area contributed by atoms with Gasteiger partial charge in [-0.25, -0.2) is 0 Å². The van der Waals surface area contributed by atoms with Crippen molar-refractivity contribution < 1.29 is 4.74 Å². The summed E-state index contributed by atoms with van der Waals surface area (Å²) in [4.78, 5) is 0. The molecule has 0 radical (unpaired) electrons. The minimum atomic E-state index is 0.411. The second-order valence-electron chi connectivity index (χ2n) is 4.81. The Morgan fingerprint density at radius 3 is 3.06 bits per heavy atom. The van der Waals surface area contributed by atoms with Gasteiger partial charge in [-0.05, 0) is 25.3 Å². The second-order valence-corrected chi connectivity index (χ2v) is 4.81. The lowest BCUT2D eigenvalue weighted by atomic mass is 10.2. The van der Waals surface area contributed by atoms with Gasteiger partial charge in [0.1, 0.15) is 0 Å². The van der Waals surface area contributed by atoms with E-state index in [1.54, 1.807) is 0 Å². The minimum absolute atomic E-state index is 0.411. The fraction of sp³-hybridized carbons (Fsp3) is 0.500. The summed E-state index contributed by atoms with van der Waals surface area (Å²) in [6, 6.07) is 8.28. The molecule has 96 valence electrons. The van der Waals surface area contributed by atoms with Gasteiger partial charge in [-0.1, -0.05) is 18.2 Å². The number of rotatable bonds is 4. The van der Waals surface area contributed by atoms with Crippen molar-refractivity contribution in [1.29, 1.82) is 0 Å². The molecule has 1 saturated heterocycles. The number of para-hydroxylation sites is 1. The summed E-state index contributed by atoms with van der Waals surface area (Å²) in [5, 5.41) is 5.78. The van der Waals surface area contributed by atoms with Gasteiger partial charge in [-0.15, -0.1) is 0 Å². The van der Waals surface area contributed by atoms with E-state index in [9.17, 15) is 0 Å². The third-order valence-electron chi connectivity index (χ3n) is 3.61. The first-order valence-electron chi connectivity index (χ1n) is 6.64. The molecule has 1 aromatic carbocycles. The molecule has 0 bridgehead atoms. The molecule has 3 rings (SSSR count). The van der Waals surface area contributed by atoms with Crippen LogP contribution in [0.25, 0.3) is 10.9 Å². The second kappa shape index (κ2) is 5.08. The maximum Gasteiger partial charge on any atom is 0.0838 e. The van der Waals surface area contributed by atoms with Crippen LogP contribution in [0.1, 0.15) is 25.0 Å². The summed E-state index contributed by atoms with van der Waals surface area (Å²) in [6.45, 7) is 2.32. The highest BCUT2D eigenvalue weighted by Crippen LogP contribution is 2.20. The molecule has 1 aliphatic rings. The molecule has 4 heteroatoms. The van der Waals surface area contributed by atoms with Crippen molar-refractivity contribution in [2.45, 2.75) is 38.5 Å². The molecule has 4 nitrogen and oxygen atoms in total. The number of fused-ring (bicyclic) bond motifs is 1. The first-order chi connectivity index (χ1) is 8.88.